The van der Waals surface area contributed by atoms with Crippen molar-refractivity contribution in [2.45, 2.75) is 20.3 Å². The summed E-state index contributed by atoms with van der Waals surface area (Å²) in [4.78, 5) is 35.6. The third-order valence-electron chi connectivity index (χ3n) is 3.07. The fraction of sp³-hybridized carbons (Fsp3) is 0.375. The molecule has 1 rings (SSSR count). The number of likely N-dealkylation sites (N-methyl/N-ethyl adjacent to an activating group) is 1. The van der Waals surface area contributed by atoms with Crippen LogP contribution in [-0.4, -0.2) is 41.4 Å². The third-order valence-corrected chi connectivity index (χ3v) is 3.07. The number of hydrogen-bond acceptors (Lipinski definition) is 5. The number of carbonyl (C=O) groups excluding carboxylic acids is 2. The Morgan fingerprint density at radius 3 is 2.57 bits per heavy atom. The Balaban J connectivity index is 2.59. The lowest BCUT2D eigenvalue weighted by Gasteiger charge is -2.20. The highest BCUT2D eigenvalue weighted by atomic mass is 16.6. The van der Waals surface area contributed by atoms with Crippen molar-refractivity contribution in [3.8, 4) is 0 Å². The van der Waals surface area contributed by atoms with Crippen molar-refractivity contribution in [2.75, 3.05) is 19.7 Å². The summed E-state index contributed by atoms with van der Waals surface area (Å²) in [6, 6.07) is 5.93. The molecule has 0 N–H and O–H groups in total. The molecule has 1 aromatic carbocycles. The molecule has 0 aliphatic rings. The van der Waals surface area contributed by atoms with E-state index in [0.717, 1.165) is 5.57 Å². The molecule has 7 heteroatoms. The number of para-hydroxylation sites is 1. The van der Waals surface area contributed by atoms with Gasteiger partial charge >= 0.3 is 5.97 Å². The fourth-order valence-corrected chi connectivity index (χ4v) is 1.98. The number of ether oxygens (including phenoxy) is 1. The van der Waals surface area contributed by atoms with Gasteiger partial charge in [0.1, 0.15) is 0 Å². The third kappa shape index (κ3) is 5.90. The second kappa shape index (κ2) is 8.67. The highest BCUT2D eigenvalue weighted by Gasteiger charge is 2.18. The molecule has 1 aromatic rings. The van der Waals surface area contributed by atoms with Crippen LogP contribution in [0.1, 0.15) is 19.4 Å². The molecule has 0 aromatic heterocycles. The maximum absolute atomic E-state index is 11.9. The largest absolute Gasteiger partial charge is 0.455 e. The van der Waals surface area contributed by atoms with Crippen molar-refractivity contribution in [1.29, 1.82) is 0 Å². The number of esters is 1. The van der Waals surface area contributed by atoms with Crippen molar-refractivity contribution in [1.82, 2.24) is 4.90 Å². The van der Waals surface area contributed by atoms with Gasteiger partial charge in [-0.05, 0) is 13.8 Å². The van der Waals surface area contributed by atoms with E-state index >= 15 is 0 Å². The van der Waals surface area contributed by atoms with Crippen LogP contribution < -0.4 is 0 Å². The van der Waals surface area contributed by atoms with Gasteiger partial charge in [0, 0.05) is 24.7 Å². The van der Waals surface area contributed by atoms with Crippen LogP contribution in [0.5, 0.6) is 0 Å². The molecule has 0 atom stereocenters. The molecule has 0 fully saturated rings. The van der Waals surface area contributed by atoms with Crippen molar-refractivity contribution in [3.63, 3.8) is 0 Å². The molecule has 0 radical (unpaired) electrons. The highest BCUT2D eigenvalue weighted by molar-refractivity contribution is 5.81. The number of nitro groups is 1. The number of nitrogens with zero attached hydrogens (tertiary/aromatic N) is 2. The number of nitro benzene ring substituents is 1. The Morgan fingerprint density at radius 1 is 1.35 bits per heavy atom. The first kappa shape index (κ1) is 18.3. The van der Waals surface area contributed by atoms with E-state index in [-0.39, 0.29) is 30.2 Å². The van der Waals surface area contributed by atoms with Crippen LogP contribution in [0.25, 0.3) is 0 Å². The quantitative estimate of drug-likeness (QED) is 0.317. The Bertz CT molecular complexity index is 612. The standard InChI is InChI=1S/C16H20N2O5/c1-4-17(10-12(2)3)15(19)11-23-16(20)9-13-7-5-6-8-14(13)18(21)22/h5-8H,2,4,9-11H2,1,3H3. The van der Waals surface area contributed by atoms with Gasteiger partial charge in [0.2, 0.25) is 0 Å². The van der Waals surface area contributed by atoms with Crippen LogP contribution >= 0.6 is 0 Å². The van der Waals surface area contributed by atoms with Crippen LogP contribution in [0, 0.1) is 10.1 Å². The minimum atomic E-state index is -0.681. The van der Waals surface area contributed by atoms with E-state index in [0.29, 0.717) is 13.1 Å². The summed E-state index contributed by atoms with van der Waals surface area (Å²) in [6.45, 7) is 7.85. The first-order chi connectivity index (χ1) is 10.8. The first-order valence-electron chi connectivity index (χ1n) is 7.15. The van der Waals surface area contributed by atoms with Gasteiger partial charge in [-0.25, -0.2) is 0 Å². The Labute approximate surface area is 134 Å². The first-order valence-corrected chi connectivity index (χ1v) is 7.15. The summed E-state index contributed by atoms with van der Waals surface area (Å²) in [6.07, 6.45) is -0.253. The molecule has 0 unspecified atom stereocenters. The lowest BCUT2D eigenvalue weighted by Crippen LogP contribution is -2.35. The molecule has 0 aliphatic carbocycles. The van der Waals surface area contributed by atoms with Gasteiger partial charge in [-0.2, -0.15) is 0 Å². The monoisotopic (exact) mass is 320 g/mol. The average Bonchev–Trinajstić information content (AvgIpc) is 2.50. The summed E-state index contributed by atoms with van der Waals surface area (Å²) in [7, 11) is 0. The van der Waals surface area contributed by atoms with Gasteiger partial charge < -0.3 is 9.64 Å². The number of rotatable bonds is 8. The van der Waals surface area contributed by atoms with Gasteiger partial charge in [-0.3, -0.25) is 19.7 Å². The van der Waals surface area contributed by atoms with Crippen molar-refractivity contribution in [3.05, 3.63) is 52.1 Å². The normalized spacial score (nSPS) is 10.0. The molecule has 0 bridgehead atoms. The average molecular weight is 320 g/mol. The molecule has 0 aliphatic heterocycles. The molecule has 0 heterocycles. The van der Waals surface area contributed by atoms with Gasteiger partial charge in [-0.15, -0.1) is 0 Å². The van der Waals surface area contributed by atoms with Crippen LogP contribution in [0.2, 0.25) is 0 Å². The molecule has 0 saturated heterocycles. The lowest BCUT2D eigenvalue weighted by molar-refractivity contribution is -0.385. The van der Waals surface area contributed by atoms with E-state index in [1.807, 2.05) is 6.92 Å². The van der Waals surface area contributed by atoms with E-state index < -0.39 is 10.9 Å². The van der Waals surface area contributed by atoms with Gasteiger partial charge in [0.05, 0.1) is 11.3 Å². The van der Waals surface area contributed by atoms with Gasteiger partial charge in [0.25, 0.3) is 11.6 Å². The summed E-state index contributed by atoms with van der Waals surface area (Å²) in [5.74, 6) is -1.01. The van der Waals surface area contributed by atoms with E-state index in [9.17, 15) is 19.7 Å². The summed E-state index contributed by atoms with van der Waals surface area (Å²) in [5.41, 5.74) is 0.934. The van der Waals surface area contributed by atoms with Crippen molar-refractivity contribution >= 4 is 17.6 Å². The maximum Gasteiger partial charge on any atom is 0.311 e. The van der Waals surface area contributed by atoms with E-state index in [2.05, 4.69) is 6.58 Å². The maximum atomic E-state index is 11.9. The molecule has 1 amide bonds. The van der Waals surface area contributed by atoms with Crippen molar-refractivity contribution in [2.24, 2.45) is 0 Å². The minimum absolute atomic E-state index is 0.145. The summed E-state index contributed by atoms with van der Waals surface area (Å²) in [5, 5.41) is 10.9. The molecule has 23 heavy (non-hydrogen) atoms. The van der Waals surface area contributed by atoms with Crippen LogP contribution in [0.4, 0.5) is 5.69 Å². The Hall–Kier alpha value is -2.70. The topological polar surface area (TPSA) is 89.8 Å². The number of carbonyl (C=O) groups is 2. The molecule has 124 valence electrons. The van der Waals surface area contributed by atoms with E-state index in [1.165, 1.54) is 23.1 Å². The predicted octanol–water partition coefficient (Wildman–Crippen LogP) is 2.11. The zero-order chi connectivity index (χ0) is 17.4. The lowest BCUT2D eigenvalue weighted by atomic mass is 10.1. The predicted molar refractivity (Wildman–Crippen MR) is 84.8 cm³/mol. The van der Waals surface area contributed by atoms with Gasteiger partial charge in [-0.1, -0.05) is 30.4 Å². The number of benzene rings is 1. The smallest absolute Gasteiger partial charge is 0.311 e. The van der Waals surface area contributed by atoms with E-state index in [1.54, 1.807) is 13.0 Å². The molecular weight excluding hydrogens is 300 g/mol. The highest BCUT2D eigenvalue weighted by Crippen LogP contribution is 2.18. The summed E-state index contributed by atoms with van der Waals surface area (Å²) >= 11 is 0. The van der Waals surface area contributed by atoms with Gasteiger partial charge in [0.15, 0.2) is 6.61 Å². The van der Waals surface area contributed by atoms with Crippen LogP contribution in [0.3, 0.4) is 0 Å². The second-order valence-corrected chi connectivity index (χ2v) is 5.09. The molecular formula is C16H20N2O5. The minimum Gasteiger partial charge on any atom is -0.455 e. The zero-order valence-electron chi connectivity index (χ0n) is 13.3. The van der Waals surface area contributed by atoms with Crippen LogP contribution in [0.15, 0.2) is 36.4 Å². The number of amides is 1. The van der Waals surface area contributed by atoms with Crippen molar-refractivity contribution < 1.29 is 19.2 Å². The molecule has 0 spiro atoms. The Kier molecular flexibility index (Phi) is 6.92. The number of hydrogen-bond donors (Lipinski definition) is 0. The zero-order valence-corrected chi connectivity index (χ0v) is 13.3. The summed E-state index contributed by atoms with van der Waals surface area (Å²) < 4.78 is 4.92. The SMILES string of the molecule is C=C(C)CN(CC)C(=O)COC(=O)Cc1ccccc1[N+](=O)[O-]. The van der Waals surface area contributed by atoms with Crippen LogP contribution in [-0.2, 0) is 20.7 Å². The fourth-order valence-electron chi connectivity index (χ4n) is 1.98. The second-order valence-electron chi connectivity index (χ2n) is 5.09. The van der Waals surface area contributed by atoms with E-state index in [4.69, 9.17) is 4.74 Å². The Morgan fingerprint density at radius 2 is 2.00 bits per heavy atom. The molecule has 7 nitrogen and oxygen atoms in total. The molecule has 0 saturated carbocycles.